The Morgan fingerprint density at radius 1 is 1.25 bits per heavy atom. The van der Waals surface area contributed by atoms with Crippen molar-refractivity contribution in [2.75, 3.05) is 20.3 Å². The van der Waals surface area contributed by atoms with E-state index in [0.717, 1.165) is 17.0 Å². The standard InChI is InChI=1S/C18H21NO5/c1-14(20)23-24-18-5-3-4-16(12-18)19-10-11-22-13-15-6-8-17(21-2)9-7-15/h3-9H,10-13H2,1-2H3. The maximum Gasteiger partial charge on any atom is 0.352 e. The van der Waals surface area contributed by atoms with Crippen LogP contribution in [0.1, 0.15) is 18.9 Å². The van der Waals surface area contributed by atoms with Gasteiger partial charge in [-0.3, -0.25) is 14.8 Å². The van der Waals surface area contributed by atoms with Gasteiger partial charge in [-0.05, 0) is 29.8 Å². The summed E-state index contributed by atoms with van der Waals surface area (Å²) in [4.78, 5) is 24.6. The van der Waals surface area contributed by atoms with E-state index in [9.17, 15) is 4.79 Å². The number of hydrogen-bond acceptors (Lipinski definition) is 6. The molecule has 0 atom stereocenters. The van der Waals surface area contributed by atoms with Crippen molar-refractivity contribution in [1.82, 2.24) is 0 Å². The van der Waals surface area contributed by atoms with Crippen molar-refractivity contribution < 1.29 is 24.0 Å². The van der Waals surface area contributed by atoms with Crippen molar-refractivity contribution in [2.45, 2.75) is 20.0 Å². The fourth-order valence-corrected chi connectivity index (χ4v) is 2.01. The summed E-state index contributed by atoms with van der Waals surface area (Å²) >= 11 is 0. The molecule has 0 saturated carbocycles. The second-order valence-corrected chi connectivity index (χ2v) is 5.10. The largest absolute Gasteiger partial charge is 0.497 e. The number of nitrogens with zero attached hydrogens (tertiary/aromatic N) is 1. The second kappa shape index (κ2) is 9.52. The highest BCUT2D eigenvalue weighted by Crippen LogP contribution is 2.13. The number of methoxy groups -OCH3 is 1. The minimum atomic E-state index is -0.490. The third-order valence-corrected chi connectivity index (χ3v) is 3.17. The van der Waals surface area contributed by atoms with Gasteiger partial charge in [-0.15, -0.1) is 0 Å². The summed E-state index contributed by atoms with van der Waals surface area (Å²) in [5, 5.41) is 0. The van der Waals surface area contributed by atoms with Crippen LogP contribution in [-0.4, -0.2) is 31.9 Å². The van der Waals surface area contributed by atoms with Crippen molar-refractivity contribution in [3.63, 3.8) is 0 Å². The average molecular weight is 331 g/mol. The number of allylic oxidation sites excluding steroid dienone is 4. The zero-order valence-electron chi connectivity index (χ0n) is 13.9. The normalized spacial score (nSPS) is 15.1. The summed E-state index contributed by atoms with van der Waals surface area (Å²) in [6.07, 6.45) is 5.92. The molecule has 0 spiro atoms. The number of ether oxygens (including phenoxy) is 2. The third kappa shape index (κ3) is 6.26. The van der Waals surface area contributed by atoms with Crippen molar-refractivity contribution in [2.24, 2.45) is 4.99 Å². The van der Waals surface area contributed by atoms with E-state index in [4.69, 9.17) is 14.4 Å². The molecule has 0 heterocycles. The van der Waals surface area contributed by atoms with Crippen LogP contribution < -0.4 is 4.74 Å². The Bertz CT molecular complexity index is 631. The van der Waals surface area contributed by atoms with Gasteiger partial charge in [-0.25, -0.2) is 4.79 Å². The zero-order chi connectivity index (χ0) is 17.2. The minimum absolute atomic E-state index is 0.488. The highest BCUT2D eigenvalue weighted by molar-refractivity contribution is 5.97. The summed E-state index contributed by atoms with van der Waals surface area (Å²) in [5.74, 6) is 0.885. The first-order chi connectivity index (χ1) is 11.7. The fourth-order valence-electron chi connectivity index (χ4n) is 2.01. The first-order valence-electron chi connectivity index (χ1n) is 7.63. The summed E-state index contributed by atoms with van der Waals surface area (Å²) in [6, 6.07) is 7.75. The number of carbonyl (C=O) groups excluding carboxylic acids is 1. The van der Waals surface area contributed by atoms with Crippen LogP contribution in [-0.2, 0) is 25.9 Å². The van der Waals surface area contributed by atoms with Gasteiger partial charge in [0.2, 0.25) is 0 Å². The van der Waals surface area contributed by atoms with E-state index >= 15 is 0 Å². The van der Waals surface area contributed by atoms with Crippen molar-refractivity contribution in [1.29, 1.82) is 0 Å². The van der Waals surface area contributed by atoms with Crippen LogP contribution in [0, 0.1) is 0 Å². The third-order valence-electron chi connectivity index (χ3n) is 3.17. The van der Waals surface area contributed by atoms with E-state index in [1.807, 2.05) is 30.3 Å². The number of carbonyl (C=O) groups is 1. The van der Waals surface area contributed by atoms with Crippen LogP contribution in [0.4, 0.5) is 0 Å². The maximum atomic E-state index is 10.7. The van der Waals surface area contributed by atoms with Gasteiger partial charge in [0.25, 0.3) is 0 Å². The molecule has 2 rings (SSSR count). The molecular formula is C18H21NO5. The Balaban J connectivity index is 1.67. The Morgan fingerprint density at radius 2 is 2.04 bits per heavy atom. The summed E-state index contributed by atoms with van der Waals surface area (Å²) in [7, 11) is 1.64. The number of hydrogen-bond donors (Lipinski definition) is 0. The van der Waals surface area contributed by atoms with Gasteiger partial charge in [0, 0.05) is 12.6 Å². The maximum absolute atomic E-state index is 10.7. The van der Waals surface area contributed by atoms with E-state index in [-0.39, 0.29) is 0 Å². The van der Waals surface area contributed by atoms with Crippen LogP contribution in [0.2, 0.25) is 0 Å². The first-order valence-corrected chi connectivity index (χ1v) is 7.63. The van der Waals surface area contributed by atoms with Crippen LogP contribution in [0.15, 0.2) is 53.2 Å². The van der Waals surface area contributed by atoms with Crippen LogP contribution >= 0.6 is 0 Å². The second-order valence-electron chi connectivity index (χ2n) is 5.10. The van der Waals surface area contributed by atoms with E-state index in [0.29, 0.717) is 31.9 Å². The smallest absolute Gasteiger partial charge is 0.352 e. The van der Waals surface area contributed by atoms with Gasteiger partial charge in [-0.1, -0.05) is 18.2 Å². The summed E-state index contributed by atoms with van der Waals surface area (Å²) in [5.41, 5.74) is 1.94. The molecule has 0 bridgehead atoms. The number of rotatable bonds is 8. The summed E-state index contributed by atoms with van der Waals surface area (Å²) in [6.45, 7) is 2.89. The Kier molecular flexibility index (Phi) is 7.04. The van der Waals surface area contributed by atoms with Crippen LogP contribution in [0.5, 0.6) is 5.75 Å². The number of aliphatic imine (C=N–C) groups is 1. The molecule has 0 radical (unpaired) electrons. The van der Waals surface area contributed by atoms with E-state index < -0.39 is 5.97 Å². The lowest BCUT2D eigenvalue weighted by atomic mass is 10.1. The van der Waals surface area contributed by atoms with E-state index in [1.54, 1.807) is 19.3 Å². The molecule has 1 aromatic rings. The van der Waals surface area contributed by atoms with Crippen molar-refractivity contribution in [3.8, 4) is 5.75 Å². The van der Waals surface area contributed by atoms with E-state index in [2.05, 4.69) is 9.88 Å². The van der Waals surface area contributed by atoms with Crippen LogP contribution in [0.3, 0.4) is 0 Å². The molecule has 128 valence electrons. The highest BCUT2D eigenvalue weighted by atomic mass is 17.2. The van der Waals surface area contributed by atoms with Gasteiger partial charge in [0.1, 0.15) is 5.75 Å². The first kappa shape index (κ1) is 17.7. The van der Waals surface area contributed by atoms with Gasteiger partial charge >= 0.3 is 5.97 Å². The predicted octanol–water partition coefficient (Wildman–Crippen LogP) is 2.99. The molecule has 0 aromatic heterocycles. The Hall–Kier alpha value is -2.60. The topological polar surface area (TPSA) is 66.3 Å². The van der Waals surface area contributed by atoms with Crippen molar-refractivity contribution >= 4 is 11.7 Å². The predicted molar refractivity (Wildman–Crippen MR) is 89.6 cm³/mol. The number of benzene rings is 1. The molecule has 1 aliphatic rings. The lowest BCUT2D eigenvalue weighted by Crippen LogP contribution is -2.08. The Morgan fingerprint density at radius 3 is 2.75 bits per heavy atom. The van der Waals surface area contributed by atoms with Gasteiger partial charge in [0.15, 0.2) is 5.76 Å². The van der Waals surface area contributed by atoms with Crippen molar-refractivity contribution in [3.05, 3.63) is 53.8 Å². The molecule has 24 heavy (non-hydrogen) atoms. The summed E-state index contributed by atoms with van der Waals surface area (Å²) < 4.78 is 10.7. The van der Waals surface area contributed by atoms with Gasteiger partial charge in [0.05, 0.1) is 33.3 Å². The minimum Gasteiger partial charge on any atom is -0.497 e. The fraction of sp³-hybridized carbons (Fsp3) is 0.333. The van der Waals surface area contributed by atoms with Gasteiger partial charge < -0.3 is 9.47 Å². The monoisotopic (exact) mass is 331 g/mol. The molecule has 0 N–H and O–H groups in total. The molecule has 6 heteroatoms. The zero-order valence-corrected chi connectivity index (χ0v) is 13.9. The molecule has 1 aromatic carbocycles. The quantitative estimate of drug-likeness (QED) is 0.416. The average Bonchev–Trinajstić information content (AvgIpc) is 2.60. The molecule has 0 fully saturated rings. The van der Waals surface area contributed by atoms with E-state index in [1.165, 1.54) is 6.92 Å². The SMILES string of the molecule is COc1ccc(COCCN=C2C=CC=C(OOC(C)=O)C2)cc1. The van der Waals surface area contributed by atoms with Gasteiger partial charge in [-0.2, -0.15) is 0 Å². The lowest BCUT2D eigenvalue weighted by Gasteiger charge is -2.10. The molecule has 0 aliphatic heterocycles. The molecule has 0 amide bonds. The molecule has 6 nitrogen and oxygen atoms in total. The Labute approximate surface area is 141 Å². The molecular weight excluding hydrogens is 310 g/mol. The molecule has 1 aliphatic carbocycles. The lowest BCUT2D eigenvalue weighted by molar-refractivity contribution is -0.245. The highest BCUT2D eigenvalue weighted by Gasteiger charge is 2.09. The van der Waals surface area contributed by atoms with Crippen LogP contribution in [0.25, 0.3) is 0 Å². The molecule has 0 saturated heterocycles. The molecule has 0 unspecified atom stereocenters.